The Kier molecular flexibility index (Phi) is 0.682. The average molecular weight is 106 g/mol. The minimum Gasteiger partial charge on any atom is -0.0987 e. The van der Waals surface area contributed by atoms with Gasteiger partial charge in [-0.2, -0.15) is 0 Å². The smallest absolute Gasteiger partial charge is 0.00195 e. The molecular formula is C8H10. The van der Waals surface area contributed by atoms with E-state index in [-0.39, 0.29) is 0 Å². The number of hydrogen-bond donors (Lipinski definition) is 0. The molecule has 0 aromatic heterocycles. The van der Waals surface area contributed by atoms with Gasteiger partial charge in [-0.1, -0.05) is 24.3 Å². The molecule has 8 heavy (non-hydrogen) atoms. The van der Waals surface area contributed by atoms with Gasteiger partial charge in [0.2, 0.25) is 0 Å². The van der Waals surface area contributed by atoms with Crippen LogP contribution in [0.2, 0.25) is 0 Å². The first kappa shape index (κ1) is 4.37. The molecule has 0 saturated heterocycles. The molecule has 2 bridgehead atoms. The largest absolute Gasteiger partial charge is 0.0987 e. The third kappa shape index (κ3) is 0.360. The van der Waals surface area contributed by atoms with E-state index >= 15 is 0 Å². The molecular weight excluding hydrogens is 96.1 g/mol. The van der Waals surface area contributed by atoms with Gasteiger partial charge in [0, 0.05) is 0 Å². The van der Waals surface area contributed by atoms with Crippen molar-refractivity contribution >= 4 is 0 Å². The topological polar surface area (TPSA) is 0 Å². The zero-order valence-electron chi connectivity index (χ0n) is 4.93. The fraction of sp³-hybridized carbons (Fsp3) is 0.500. The van der Waals surface area contributed by atoms with E-state index in [9.17, 15) is 0 Å². The number of fused-ring (bicyclic) bond motifs is 2. The second-order valence-corrected chi connectivity index (χ2v) is 2.75. The summed E-state index contributed by atoms with van der Waals surface area (Å²) in [5.41, 5.74) is 1.46. The first-order valence-electron chi connectivity index (χ1n) is 3.25. The summed E-state index contributed by atoms with van der Waals surface area (Å²) in [5.74, 6) is 1.53. The highest BCUT2D eigenvalue weighted by molar-refractivity contribution is 5.29. The van der Waals surface area contributed by atoms with Crippen LogP contribution in [0.1, 0.15) is 12.8 Å². The van der Waals surface area contributed by atoms with Gasteiger partial charge in [0.1, 0.15) is 0 Å². The Balaban J connectivity index is 2.39. The number of rotatable bonds is 0. The average Bonchev–Trinajstić information content (AvgIpc) is 2.29. The molecule has 0 heterocycles. The lowest BCUT2D eigenvalue weighted by Crippen LogP contribution is -1.84. The summed E-state index contributed by atoms with van der Waals surface area (Å²) in [6.45, 7) is 4.02. The minimum absolute atomic E-state index is 0.764. The normalized spacial score (nSPS) is 41.8. The molecule has 2 aliphatic carbocycles. The molecule has 0 aromatic rings. The molecule has 2 aliphatic rings. The SMILES string of the molecule is C=C1[C@@H]2C=C[C@H]1CC2. The lowest BCUT2D eigenvalue weighted by molar-refractivity contribution is 0.705. The van der Waals surface area contributed by atoms with Crippen molar-refractivity contribution < 1.29 is 0 Å². The van der Waals surface area contributed by atoms with Crippen LogP contribution in [0, 0.1) is 11.8 Å². The van der Waals surface area contributed by atoms with Gasteiger partial charge in [-0.05, 0) is 24.7 Å². The highest BCUT2D eigenvalue weighted by Gasteiger charge is 2.29. The second-order valence-electron chi connectivity index (χ2n) is 2.75. The Hall–Kier alpha value is -0.520. The standard InChI is InChI=1S/C8H10/c1-6-7-2-3-8(6)5-4-7/h2-3,7-8H,1,4-5H2/t7-,8+. The van der Waals surface area contributed by atoms with Gasteiger partial charge < -0.3 is 0 Å². The van der Waals surface area contributed by atoms with E-state index in [1.54, 1.807) is 0 Å². The van der Waals surface area contributed by atoms with Gasteiger partial charge in [0.05, 0.1) is 0 Å². The van der Waals surface area contributed by atoms with E-state index in [1.165, 1.54) is 18.4 Å². The summed E-state index contributed by atoms with van der Waals surface area (Å²) < 4.78 is 0. The molecule has 0 heteroatoms. The van der Waals surface area contributed by atoms with Crippen molar-refractivity contribution in [1.82, 2.24) is 0 Å². The monoisotopic (exact) mass is 106 g/mol. The van der Waals surface area contributed by atoms with Crippen molar-refractivity contribution in [2.45, 2.75) is 12.8 Å². The number of hydrogen-bond acceptors (Lipinski definition) is 0. The first-order valence-corrected chi connectivity index (χ1v) is 3.25. The van der Waals surface area contributed by atoms with Crippen LogP contribution in [-0.2, 0) is 0 Å². The third-order valence-electron chi connectivity index (χ3n) is 2.32. The molecule has 0 aromatic carbocycles. The molecule has 0 spiro atoms. The van der Waals surface area contributed by atoms with Crippen LogP contribution >= 0.6 is 0 Å². The molecule has 2 rings (SSSR count). The molecule has 0 N–H and O–H groups in total. The van der Waals surface area contributed by atoms with Gasteiger partial charge in [0.25, 0.3) is 0 Å². The summed E-state index contributed by atoms with van der Waals surface area (Å²) in [5, 5.41) is 0. The quantitative estimate of drug-likeness (QED) is 0.415. The van der Waals surface area contributed by atoms with Crippen LogP contribution in [-0.4, -0.2) is 0 Å². The Morgan fingerprint density at radius 1 is 1.25 bits per heavy atom. The van der Waals surface area contributed by atoms with Gasteiger partial charge in [-0.25, -0.2) is 0 Å². The molecule has 2 atom stereocenters. The summed E-state index contributed by atoms with van der Waals surface area (Å²) in [6.07, 6.45) is 7.33. The molecule has 0 nitrogen and oxygen atoms in total. The zero-order valence-corrected chi connectivity index (χ0v) is 4.93. The van der Waals surface area contributed by atoms with Crippen LogP contribution in [0.5, 0.6) is 0 Å². The molecule has 0 aliphatic heterocycles. The fourth-order valence-electron chi connectivity index (χ4n) is 1.71. The predicted molar refractivity (Wildman–Crippen MR) is 34.5 cm³/mol. The Bertz CT molecular complexity index is 137. The van der Waals surface area contributed by atoms with Gasteiger partial charge in [-0.15, -0.1) is 0 Å². The summed E-state index contributed by atoms with van der Waals surface area (Å²) >= 11 is 0. The van der Waals surface area contributed by atoms with Crippen LogP contribution in [0.3, 0.4) is 0 Å². The van der Waals surface area contributed by atoms with E-state index in [1.807, 2.05) is 0 Å². The molecule has 0 unspecified atom stereocenters. The number of allylic oxidation sites excluding steroid dienone is 3. The van der Waals surface area contributed by atoms with E-state index in [0.717, 1.165) is 11.8 Å². The van der Waals surface area contributed by atoms with Crippen molar-refractivity contribution in [2.24, 2.45) is 11.8 Å². The fourth-order valence-corrected chi connectivity index (χ4v) is 1.71. The van der Waals surface area contributed by atoms with Gasteiger partial charge in [0.15, 0.2) is 0 Å². The maximum atomic E-state index is 4.02. The van der Waals surface area contributed by atoms with E-state index < -0.39 is 0 Å². The molecule has 0 radical (unpaired) electrons. The maximum absolute atomic E-state index is 4.02. The minimum atomic E-state index is 0.764. The summed E-state index contributed by atoms with van der Waals surface area (Å²) in [7, 11) is 0. The zero-order chi connectivity index (χ0) is 5.56. The first-order chi connectivity index (χ1) is 3.88. The molecule has 42 valence electrons. The van der Waals surface area contributed by atoms with Crippen LogP contribution < -0.4 is 0 Å². The van der Waals surface area contributed by atoms with Gasteiger partial charge in [-0.3, -0.25) is 0 Å². The summed E-state index contributed by atoms with van der Waals surface area (Å²) in [6, 6.07) is 0. The van der Waals surface area contributed by atoms with Crippen LogP contribution in [0.15, 0.2) is 24.3 Å². The predicted octanol–water partition coefficient (Wildman–Crippen LogP) is 2.14. The van der Waals surface area contributed by atoms with Crippen LogP contribution in [0.4, 0.5) is 0 Å². The van der Waals surface area contributed by atoms with Crippen molar-refractivity contribution in [3.63, 3.8) is 0 Å². The Labute approximate surface area is 49.9 Å². The lowest BCUT2D eigenvalue weighted by atomic mass is 10.1. The molecule has 1 saturated carbocycles. The van der Waals surface area contributed by atoms with Gasteiger partial charge >= 0.3 is 0 Å². The van der Waals surface area contributed by atoms with Crippen LogP contribution in [0.25, 0.3) is 0 Å². The summed E-state index contributed by atoms with van der Waals surface area (Å²) in [4.78, 5) is 0. The van der Waals surface area contributed by atoms with Crippen molar-refractivity contribution in [1.29, 1.82) is 0 Å². The van der Waals surface area contributed by atoms with Crippen molar-refractivity contribution in [3.8, 4) is 0 Å². The highest BCUT2D eigenvalue weighted by atomic mass is 14.3. The maximum Gasteiger partial charge on any atom is -0.00195 e. The van der Waals surface area contributed by atoms with E-state index in [0.29, 0.717) is 0 Å². The highest BCUT2D eigenvalue weighted by Crippen LogP contribution is 2.42. The van der Waals surface area contributed by atoms with Crippen molar-refractivity contribution in [2.75, 3.05) is 0 Å². The Morgan fingerprint density at radius 3 is 1.88 bits per heavy atom. The Morgan fingerprint density at radius 2 is 1.75 bits per heavy atom. The van der Waals surface area contributed by atoms with Crippen molar-refractivity contribution in [3.05, 3.63) is 24.3 Å². The molecule has 1 fully saturated rings. The van der Waals surface area contributed by atoms with E-state index in [2.05, 4.69) is 18.7 Å². The van der Waals surface area contributed by atoms with E-state index in [4.69, 9.17) is 0 Å². The molecule has 0 amide bonds. The lowest BCUT2D eigenvalue weighted by Gasteiger charge is -1.96. The third-order valence-corrected chi connectivity index (χ3v) is 2.32. The second kappa shape index (κ2) is 1.25.